The van der Waals surface area contributed by atoms with Gasteiger partial charge in [-0.15, -0.1) is 0 Å². The van der Waals surface area contributed by atoms with Crippen LogP contribution in [0.1, 0.15) is 31.4 Å². The zero-order valence-corrected chi connectivity index (χ0v) is 11.1. The SMILES string of the molecule is CCC(Br)C(C)Cc1ccc(F)cc1C. The maximum atomic E-state index is 12.9. The predicted octanol–water partition coefficient (Wildman–Crippen LogP) is 4.49. The summed E-state index contributed by atoms with van der Waals surface area (Å²) in [6.07, 6.45) is 2.14. The summed E-state index contributed by atoms with van der Waals surface area (Å²) < 4.78 is 12.9. The minimum atomic E-state index is -0.144. The Kier molecular flexibility index (Phi) is 4.78. The standard InChI is InChI=1S/C13H18BrF/c1-4-13(14)10(3)7-11-5-6-12(15)8-9(11)2/h5-6,8,10,13H,4,7H2,1-3H3. The van der Waals surface area contributed by atoms with E-state index in [4.69, 9.17) is 0 Å². The average molecular weight is 273 g/mol. The summed E-state index contributed by atoms with van der Waals surface area (Å²) in [6.45, 7) is 6.37. The molecule has 2 atom stereocenters. The third-order valence-corrected chi connectivity index (χ3v) is 4.40. The number of aryl methyl sites for hydroxylation is 1. The van der Waals surface area contributed by atoms with Gasteiger partial charge in [-0.2, -0.15) is 0 Å². The van der Waals surface area contributed by atoms with Crippen LogP contribution in [-0.4, -0.2) is 4.83 Å². The van der Waals surface area contributed by atoms with E-state index in [1.54, 1.807) is 12.1 Å². The number of alkyl halides is 1. The van der Waals surface area contributed by atoms with Gasteiger partial charge in [-0.3, -0.25) is 0 Å². The lowest BCUT2D eigenvalue weighted by molar-refractivity contribution is 0.543. The van der Waals surface area contributed by atoms with E-state index in [0.717, 1.165) is 18.4 Å². The lowest BCUT2D eigenvalue weighted by Crippen LogP contribution is -2.13. The molecule has 0 amide bonds. The van der Waals surface area contributed by atoms with Gasteiger partial charge in [0.25, 0.3) is 0 Å². The molecule has 1 aromatic carbocycles. The second-order valence-electron chi connectivity index (χ2n) is 4.18. The van der Waals surface area contributed by atoms with Crippen molar-refractivity contribution in [3.8, 4) is 0 Å². The van der Waals surface area contributed by atoms with Crippen molar-refractivity contribution < 1.29 is 4.39 Å². The molecule has 1 aromatic rings. The highest BCUT2D eigenvalue weighted by Crippen LogP contribution is 2.22. The van der Waals surface area contributed by atoms with E-state index in [0.29, 0.717) is 10.7 Å². The van der Waals surface area contributed by atoms with Gasteiger partial charge in [0.05, 0.1) is 0 Å². The number of benzene rings is 1. The minimum absolute atomic E-state index is 0.144. The van der Waals surface area contributed by atoms with Gasteiger partial charge < -0.3 is 0 Å². The second-order valence-corrected chi connectivity index (χ2v) is 5.35. The fourth-order valence-electron chi connectivity index (χ4n) is 1.77. The smallest absolute Gasteiger partial charge is 0.123 e. The van der Waals surface area contributed by atoms with E-state index < -0.39 is 0 Å². The van der Waals surface area contributed by atoms with Gasteiger partial charge in [0, 0.05) is 4.83 Å². The summed E-state index contributed by atoms with van der Waals surface area (Å²) in [5, 5.41) is 0. The maximum absolute atomic E-state index is 12.9. The lowest BCUT2D eigenvalue weighted by Gasteiger charge is -2.17. The van der Waals surface area contributed by atoms with Crippen LogP contribution in [0, 0.1) is 18.7 Å². The summed E-state index contributed by atoms with van der Waals surface area (Å²) in [7, 11) is 0. The Hall–Kier alpha value is -0.370. The molecule has 1 rings (SSSR count). The van der Waals surface area contributed by atoms with Crippen molar-refractivity contribution in [1.82, 2.24) is 0 Å². The quantitative estimate of drug-likeness (QED) is 0.709. The molecule has 0 nitrogen and oxygen atoms in total. The molecule has 2 unspecified atom stereocenters. The zero-order valence-electron chi connectivity index (χ0n) is 9.56. The first-order valence-electron chi connectivity index (χ1n) is 5.43. The van der Waals surface area contributed by atoms with Crippen molar-refractivity contribution in [3.63, 3.8) is 0 Å². The van der Waals surface area contributed by atoms with Gasteiger partial charge in [-0.1, -0.05) is 35.8 Å². The van der Waals surface area contributed by atoms with Crippen LogP contribution in [0.5, 0.6) is 0 Å². The number of halogens is 2. The molecule has 84 valence electrons. The van der Waals surface area contributed by atoms with Gasteiger partial charge in [0.1, 0.15) is 5.82 Å². The number of rotatable bonds is 4. The van der Waals surface area contributed by atoms with Crippen molar-refractivity contribution in [2.45, 2.75) is 38.4 Å². The average Bonchev–Trinajstić information content (AvgIpc) is 2.20. The Morgan fingerprint density at radius 3 is 2.60 bits per heavy atom. The van der Waals surface area contributed by atoms with E-state index in [2.05, 4.69) is 29.8 Å². The molecule has 0 aliphatic heterocycles. The van der Waals surface area contributed by atoms with Crippen molar-refractivity contribution in [1.29, 1.82) is 0 Å². The van der Waals surface area contributed by atoms with Crippen LogP contribution in [-0.2, 0) is 6.42 Å². The van der Waals surface area contributed by atoms with Crippen molar-refractivity contribution in [3.05, 3.63) is 35.1 Å². The van der Waals surface area contributed by atoms with Crippen LogP contribution in [0.4, 0.5) is 4.39 Å². The van der Waals surface area contributed by atoms with Gasteiger partial charge in [0.2, 0.25) is 0 Å². The predicted molar refractivity (Wildman–Crippen MR) is 67.0 cm³/mol. The van der Waals surface area contributed by atoms with E-state index in [9.17, 15) is 4.39 Å². The topological polar surface area (TPSA) is 0 Å². The zero-order chi connectivity index (χ0) is 11.4. The molecule has 0 aliphatic carbocycles. The van der Waals surface area contributed by atoms with Crippen LogP contribution in [0.15, 0.2) is 18.2 Å². The van der Waals surface area contributed by atoms with Crippen molar-refractivity contribution in [2.75, 3.05) is 0 Å². The molecule has 15 heavy (non-hydrogen) atoms. The first-order valence-corrected chi connectivity index (χ1v) is 6.35. The number of hydrogen-bond acceptors (Lipinski definition) is 0. The molecular weight excluding hydrogens is 255 g/mol. The highest BCUT2D eigenvalue weighted by molar-refractivity contribution is 9.09. The Bertz CT molecular complexity index is 322. The van der Waals surface area contributed by atoms with Crippen LogP contribution >= 0.6 is 15.9 Å². The van der Waals surface area contributed by atoms with Crippen LogP contribution < -0.4 is 0 Å². The molecule has 0 saturated carbocycles. The summed E-state index contributed by atoms with van der Waals surface area (Å²) in [5.74, 6) is 0.439. The Balaban J connectivity index is 2.72. The minimum Gasteiger partial charge on any atom is -0.207 e. The Morgan fingerprint density at radius 1 is 1.40 bits per heavy atom. The van der Waals surface area contributed by atoms with Crippen LogP contribution in [0.2, 0.25) is 0 Å². The largest absolute Gasteiger partial charge is 0.207 e. The van der Waals surface area contributed by atoms with Gasteiger partial charge >= 0.3 is 0 Å². The van der Waals surface area contributed by atoms with E-state index in [-0.39, 0.29) is 5.82 Å². The number of hydrogen-bond donors (Lipinski definition) is 0. The van der Waals surface area contributed by atoms with Crippen molar-refractivity contribution in [2.24, 2.45) is 5.92 Å². The monoisotopic (exact) mass is 272 g/mol. The molecule has 0 fully saturated rings. The van der Waals surface area contributed by atoms with Crippen molar-refractivity contribution >= 4 is 15.9 Å². The summed E-state index contributed by atoms with van der Waals surface area (Å²) >= 11 is 3.66. The van der Waals surface area contributed by atoms with E-state index in [1.165, 1.54) is 5.56 Å². The summed E-state index contributed by atoms with van der Waals surface area (Å²) in [5.41, 5.74) is 2.31. The molecule has 0 N–H and O–H groups in total. The maximum Gasteiger partial charge on any atom is 0.123 e. The highest BCUT2D eigenvalue weighted by Gasteiger charge is 2.13. The third kappa shape index (κ3) is 3.60. The fraction of sp³-hybridized carbons (Fsp3) is 0.538. The molecular formula is C13H18BrF. The van der Waals surface area contributed by atoms with Gasteiger partial charge in [-0.05, 0) is 48.9 Å². The second kappa shape index (κ2) is 5.64. The molecule has 0 spiro atoms. The lowest BCUT2D eigenvalue weighted by atomic mass is 9.94. The summed E-state index contributed by atoms with van der Waals surface area (Å²) in [4.78, 5) is 0.543. The highest BCUT2D eigenvalue weighted by atomic mass is 79.9. The van der Waals surface area contributed by atoms with Crippen LogP contribution in [0.3, 0.4) is 0 Å². The molecule has 0 bridgehead atoms. The Morgan fingerprint density at radius 2 is 2.07 bits per heavy atom. The molecule has 0 aliphatic rings. The third-order valence-electron chi connectivity index (χ3n) is 2.85. The van der Waals surface area contributed by atoms with Gasteiger partial charge in [-0.25, -0.2) is 4.39 Å². The molecule has 0 saturated heterocycles. The normalized spacial score (nSPS) is 15.0. The van der Waals surface area contributed by atoms with Crippen LogP contribution in [0.25, 0.3) is 0 Å². The molecule has 0 radical (unpaired) electrons. The Labute approximate surface area is 100 Å². The summed E-state index contributed by atoms with van der Waals surface area (Å²) in [6, 6.07) is 5.05. The molecule has 0 aromatic heterocycles. The fourth-order valence-corrected chi connectivity index (χ4v) is 1.95. The van der Waals surface area contributed by atoms with Gasteiger partial charge in [0.15, 0.2) is 0 Å². The molecule has 2 heteroatoms. The van der Waals surface area contributed by atoms with E-state index >= 15 is 0 Å². The van der Waals surface area contributed by atoms with E-state index in [1.807, 2.05) is 13.0 Å². The first kappa shape index (κ1) is 12.7. The molecule has 0 heterocycles. The first-order chi connectivity index (χ1) is 7.04.